The van der Waals surface area contributed by atoms with Gasteiger partial charge < -0.3 is 25.0 Å². The average Bonchev–Trinajstić information content (AvgIpc) is 2.93. The number of carboxylic acid groups (broad SMARTS) is 1. The van der Waals surface area contributed by atoms with Crippen molar-refractivity contribution >= 4 is 35.6 Å². The van der Waals surface area contributed by atoms with Crippen LogP contribution < -0.4 is 15.0 Å². The molecule has 0 saturated carbocycles. The van der Waals surface area contributed by atoms with Gasteiger partial charge in [-0.25, -0.2) is 9.59 Å². The molecule has 11 nitrogen and oxygen atoms in total. The Kier molecular flexibility index (Phi) is 9.15. The molecule has 2 atom stereocenters. The molecule has 2 heterocycles. The van der Waals surface area contributed by atoms with Crippen LogP contribution in [0.3, 0.4) is 0 Å². The SMILES string of the molecule is CC(c1ccccc1)N1CCN(c2nc(Cl)nc(N[C@@H](Cc3ccc(OC(=O)N(C)C)cc3)C(=O)O)n2)CC1. The zero-order chi connectivity index (χ0) is 27.9. The van der Waals surface area contributed by atoms with Gasteiger partial charge in [-0.1, -0.05) is 42.5 Å². The number of amides is 1. The van der Waals surface area contributed by atoms with Crippen LogP contribution in [-0.4, -0.2) is 88.2 Å². The highest BCUT2D eigenvalue weighted by atomic mass is 35.5. The summed E-state index contributed by atoms with van der Waals surface area (Å²) in [6.45, 7) is 5.23. The van der Waals surface area contributed by atoms with E-state index in [1.807, 2.05) is 23.1 Å². The molecule has 0 bridgehead atoms. The van der Waals surface area contributed by atoms with E-state index in [-0.39, 0.29) is 23.7 Å². The number of nitrogens with one attached hydrogen (secondary N) is 1. The van der Waals surface area contributed by atoms with E-state index in [1.165, 1.54) is 10.5 Å². The van der Waals surface area contributed by atoms with Crippen molar-refractivity contribution in [3.8, 4) is 5.75 Å². The monoisotopic (exact) mass is 553 g/mol. The van der Waals surface area contributed by atoms with Crippen LogP contribution in [-0.2, 0) is 11.2 Å². The number of hydrogen-bond acceptors (Lipinski definition) is 9. The number of aromatic nitrogens is 3. The first-order chi connectivity index (χ1) is 18.7. The van der Waals surface area contributed by atoms with Crippen LogP contribution >= 0.6 is 11.6 Å². The first-order valence-corrected chi connectivity index (χ1v) is 13.0. The number of anilines is 2. The summed E-state index contributed by atoms with van der Waals surface area (Å²) in [7, 11) is 3.18. The maximum absolute atomic E-state index is 12.0. The van der Waals surface area contributed by atoms with Gasteiger partial charge in [-0.3, -0.25) is 4.90 Å². The van der Waals surface area contributed by atoms with E-state index in [0.29, 0.717) is 24.8 Å². The Bertz CT molecular complexity index is 1270. The molecular weight excluding hydrogens is 522 g/mol. The molecule has 1 aliphatic rings. The average molecular weight is 554 g/mol. The van der Waals surface area contributed by atoms with Crippen LogP contribution in [0.2, 0.25) is 5.28 Å². The van der Waals surface area contributed by atoms with Crippen molar-refractivity contribution in [1.82, 2.24) is 24.8 Å². The molecule has 1 aliphatic heterocycles. The summed E-state index contributed by atoms with van der Waals surface area (Å²) in [5.41, 5.74) is 1.99. The van der Waals surface area contributed by atoms with Gasteiger partial charge in [0.1, 0.15) is 11.8 Å². The van der Waals surface area contributed by atoms with E-state index in [9.17, 15) is 14.7 Å². The van der Waals surface area contributed by atoms with Crippen molar-refractivity contribution in [3.05, 3.63) is 71.0 Å². The first kappa shape index (κ1) is 28.1. The number of hydrogen-bond donors (Lipinski definition) is 2. The predicted molar refractivity (Wildman–Crippen MR) is 148 cm³/mol. The second-order valence-electron chi connectivity index (χ2n) is 9.48. The van der Waals surface area contributed by atoms with Gasteiger partial charge >= 0.3 is 12.1 Å². The van der Waals surface area contributed by atoms with Crippen molar-refractivity contribution in [1.29, 1.82) is 0 Å². The molecule has 0 aliphatic carbocycles. The summed E-state index contributed by atoms with van der Waals surface area (Å²) < 4.78 is 5.21. The van der Waals surface area contributed by atoms with Gasteiger partial charge in [0.25, 0.3) is 0 Å². The summed E-state index contributed by atoms with van der Waals surface area (Å²) in [6.07, 6.45) is -0.353. The van der Waals surface area contributed by atoms with Crippen molar-refractivity contribution in [3.63, 3.8) is 0 Å². The van der Waals surface area contributed by atoms with Gasteiger partial charge in [0, 0.05) is 52.7 Å². The van der Waals surface area contributed by atoms with Gasteiger partial charge in [0.2, 0.25) is 17.2 Å². The molecule has 1 fully saturated rings. The molecule has 206 valence electrons. The molecule has 12 heteroatoms. The summed E-state index contributed by atoms with van der Waals surface area (Å²) in [6, 6.07) is 16.3. The standard InChI is InChI=1S/C27H32ClN7O4/c1-18(20-7-5-4-6-8-20)34-13-15-35(16-14-34)26-31-24(28)30-25(32-26)29-22(23(36)37)17-19-9-11-21(12-10-19)39-27(38)33(2)3/h4-12,18,22H,13-17H2,1-3H3,(H,36,37)(H,29,30,31,32)/t18?,22-/m0/s1. The van der Waals surface area contributed by atoms with Crippen LogP contribution in [0.1, 0.15) is 24.1 Å². The number of halogens is 1. The van der Waals surface area contributed by atoms with Crippen molar-refractivity contribution < 1.29 is 19.4 Å². The quantitative estimate of drug-likeness (QED) is 0.406. The molecule has 1 aromatic heterocycles. The van der Waals surface area contributed by atoms with Gasteiger partial charge in [-0.2, -0.15) is 15.0 Å². The van der Waals surface area contributed by atoms with Crippen molar-refractivity contribution in [2.75, 3.05) is 50.5 Å². The van der Waals surface area contributed by atoms with Crippen molar-refractivity contribution in [2.24, 2.45) is 0 Å². The van der Waals surface area contributed by atoms with Gasteiger partial charge in [0.05, 0.1) is 0 Å². The molecule has 4 rings (SSSR count). The van der Waals surface area contributed by atoms with Crippen LogP contribution in [0, 0.1) is 0 Å². The number of piperazine rings is 1. The van der Waals surface area contributed by atoms with E-state index in [2.05, 4.69) is 44.2 Å². The molecule has 1 unspecified atom stereocenters. The Labute approximate surface area is 232 Å². The third-order valence-corrected chi connectivity index (χ3v) is 6.73. The summed E-state index contributed by atoms with van der Waals surface area (Å²) in [5.74, 6) is -0.209. The fraction of sp³-hybridized carbons (Fsp3) is 0.370. The Morgan fingerprint density at radius 2 is 1.69 bits per heavy atom. The number of carbonyl (C=O) groups is 2. The predicted octanol–water partition coefficient (Wildman–Crippen LogP) is 3.58. The molecule has 1 saturated heterocycles. The van der Waals surface area contributed by atoms with E-state index >= 15 is 0 Å². The Balaban J connectivity index is 1.39. The normalized spacial score (nSPS) is 15.3. The molecule has 0 radical (unpaired) electrons. The minimum atomic E-state index is -1.07. The summed E-state index contributed by atoms with van der Waals surface area (Å²) >= 11 is 6.20. The largest absolute Gasteiger partial charge is 0.480 e. The number of rotatable bonds is 9. The molecule has 39 heavy (non-hydrogen) atoms. The number of carbonyl (C=O) groups excluding carboxylic acids is 1. The lowest BCUT2D eigenvalue weighted by Gasteiger charge is -2.38. The van der Waals surface area contributed by atoms with Gasteiger partial charge in [-0.15, -0.1) is 0 Å². The molecule has 2 N–H and O–H groups in total. The number of aliphatic carboxylic acids is 1. The fourth-order valence-corrected chi connectivity index (χ4v) is 4.43. The molecule has 2 aromatic carbocycles. The highest BCUT2D eigenvalue weighted by molar-refractivity contribution is 6.28. The van der Waals surface area contributed by atoms with Crippen LogP contribution in [0.4, 0.5) is 16.7 Å². The number of nitrogens with zero attached hydrogens (tertiary/aromatic N) is 6. The molecular formula is C27H32ClN7O4. The van der Waals surface area contributed by atoms with E-state index in [0.717, 1.165) is 18.7 Å². The lowest BCUT2D eigenvalue weighted by atomic mass is 10.1. The lowest BCUT2D eigenvalue weighted by Crippen LogP contribution is -2.47. The second-order valence-corrected chi connectivity index (χ2v) is 9.82. The van der Waals surface area contributed by atoms with Gasteiger partial charge in [0.15, 0.2) is 0 Å². The smallest absolute Gasteiger partial charge is 0.414 e. The van der Waals surface area contributed by atoms with E-state index < -0.39 is 18.1 Å². The third kappa shape index (κ3) is 7.55. The van der Waals surface area contributed by atoms with Crippen LogP contribution in [0.5, 0.6) is 5.75 Å². The highest BCUT2D eigenvalue weighted by Crippen LogP contribution is 2.23. The van der Waals surface area contributed by atoms with E-state index in [4.69, 9.17) is 16.3 Å². The minimum absolute atomic E-state index is 0.0150. The minimum Gasteiger partial charge on any atom is -0.480 e. The van der Waals surface area contributed by atoms with Crippen LogP contribution in [0.25, 0.3) is 0 Å². The Hall–Kier alpha value is -3.96. The first-order valence-electron chi connectivity index (χ1n) is 12.6. The Morgan fingerprint density at radius 3 is 2.31 bits per heavy atom. The number of ether oxygens (including phenoxy) is 1. The van der Waals surface area contributed by atoms with Gasteiger partial charge in [-0.05, 0) is 41.8 Å². The maximum Gasteiger partial charge on any atom is 0.414 e. The van der Waals surface area contributed by atoms with Crippen LogP contribution in [0.15, 0.2) is 54.6 Å². The molecule has 3 aromatic rings. The lowest BCUT2D eigenvalue weighted by molar-refractivity contribution is -0.137. The van der Waals surface area contributed by atoms with Crippen molar-refractivity contribution in [2.45, 2.75) is 25.4 Å². The topological polar surface area (TPSA) is 124 Å². The van der Waals surface area contributed by atoms with E-state index in [1.54, 1.807) is 38.4 Å². The number of carboxylic acids is 1. The zero-order valence-electron chi connectivity index (χ0n) is 22.1. The highest BCUT2D eigenvalue weighted by Gasteiger charge is 2.25. The fourth-order valence-electron chi connectivity index (χ4n) is 4.27. The third-order valence-electron chi connectivity index (χ3n) is 6.56. The zero-order valence-corrected chi connectivity index (χ0v) is 22.9. The second kappa shape index (κ2) is 12.7. The Morgan fingerprint density at radius 1 is 1.03 bits per heavy atom. The summed E-state index contributed by atoms with van der Waals surface area (Å²) in [5, 5.41) is 12.7. The molecule has 1 amide bonds. The summed E-state index contributed by atoms with van der Waals surface area (Å²) in [4.78, 5) is 42.4. The molecule has 0 spiro atoms. The number of benzene rings is 2. The maximum atomic E-state index is 12.0.